The molecule has 0 bridgehead atoms. The molecule has 0 aromatic heterocycles. The van der Waals surface area contributed by atoms with Crippen molar-refractivity contribution in [1.29, 1.82) is 0 Å². The molecule has 3 rings (SSSR count). The molecule has 3 N–H and O–H groups in total. The fraction of sp³-hybridized carbons (Fsp3) is 0.368. The molecule has 1 aliphatic carbocycles. The second kappa shape index (κ2) is 6.42. The molecule has 0 heterocycles. The Balaban J connectivity index is 1.77. The quantitative estimate of drug-likeness (QED) is 0.641. The molecule has 2 aromatic rings. The molecule has 0 amide bonds. The smallest absolute Gasteiger partial charge is 0.0500 e. The van der Waals surface area contributed by atoms with E-state index in [1.807, 2.05) is 0 Å². The lowest BCUT2D eigenvalue weighted by Crippen LogP contribution is -2.29. The predicted octanol–water partition coefficient (Wildman–Crippen LogP) is 4.01. The zero-order valence-corrected chi connectivity index (χ0v) is 12.7. The summed E-state index contributed by atoms with van der Waals surface area (Å²) >= 11 is 0. The molecule has 0 saturated heterocycles. The first kappa shape index (κ1) is 14.3. The Kier molecular flexibility index (Phi) is 4.37. The Labute approximate surface area is 127 Å². The summed E-state index contributed by atoms with van der Waals surface area (Å²) in [7, 11) is 0. The van der Waals surface area contributed by atoms with Crippen molar-refractivity contribution < 1.29 is 0 Å². The lowest BCUT2D eigenvalue weighted by atomic mass is 9.79. The average molecular weight is 280 g/mol. The summed E-state index contributed by atoms with van der Waals surface area (Å²) in [5.41, 5.74) is 8.36. The lowest BCUT2D eigenvalue weighted by molar-refractivity contribution is 0.419. The Bertz CT molecular complexity index is 585. The third kappa shape index (κ3) is 3.34. The van der Waals surface area contributed by atoms with Gasteiger partial charge in [-0.15, -0.1) is 0 Å². The molecule has 2 heteroatoms. The topological polar surface area (TPSA) is 38.0 Å². The Morgan fingerprint density at radius 3 is 2.52 bits per heavy atom. The van der Waals surface area contributed by atoms with E-state index in [0.29, 0.717) is 0 Å². The summed E-state index contributed by atoms with van der Waals surface area (Å²) in [5.74, 6) is 6.57. The van der Waals surface area contributed by atoms with Crippen molar-refractivity contribution in [2.24, 2.45) is 5.84 Å². The van der Waals surface area contributed by atoms with Crippen LogP contribution in [0, 0.1) is 6.92 Å². The number of rotatable bonds is 5. The van der Waals surface area contributed by atoms with Gasteiger partial charge >= 0.3 is 0 Å². The monoisotopic (exact) mass is 280 g/mol. The highest BCUT2D eigenvalue weighted by atomic mass is 15.2. The molecular formula is C19H24N2. The van der Waals surface area contributed by atoms with Gasteiger partial charge in [-0.2, -0.15) is 0 Å². The molecule has 1 unspecified atom stereocenters. The number of nitrogens with two attached hydrogens (primary N) is 1. The largest absolute Gasteiger partial charge is 0.271 e. The molecule has 21 heavy (non-hydrogen) atoms. The minimum atomic E-state index is 0.174. The van der Waals surface area contributed by atoms with Gasteiger partial charge in [0.15, 0.2) is 0 Å². The summed E-state index contributed by atoms with van der Waals surface area (Å²) in [6.45, 7) is 2.12. The number of benzene rings is 2. The van der Waals surface area contributed by atoms with Crippen molar-refractivity contribution in [2.75, 3.05) is 0 Å². The van der Waals surface area contributed by atoms with Crippen LogP contribution in [0.4, 0.5) is 0 Å². The summed E-state index contributed by atoms with van der Waals surface area (Å²) in [5, 5.41) is 0. The Hall–Kier alpha value is -1.64. The first-order chi connectivity index (χ1) is 10.3. The van der Waals surface area contributed by atoms with Crippen LogP contribution in [-0.4, -0.2) is 0 Å². The van der Waals surface area contributed by atoms with Gasteiger partial charge in [0.2, 0.25) is 0 Å². The van der Waals surface area contributed by atoms with Gasteiger partial charge in [0.1, 0.15) is 0 Å². The first-order valence-electron chi connectivity index (χ1n) is 7.88. The zero-order valence-electron chi connectivity index (χ0n) is 12.7. The molecule has 0 radical (unpaired) electrons. The van der Waals surface area contributed by atoms with E-state index in [1.165, 1.54) is 41.5 Å². The van der Waals surface area contributed by atoms with Gasteiger partial charge in [0.05, 0.1) is 0 Å². The SMILES string of the molecule is Cc1ccc(CC(NN)c2cccc(C3CCC3)c2)cc1. The van der Waals surface area contributed by atoms with Crippen LogP contribution in [0.2, 0.25) is 0 Å². The predicted molar refractivity (Wildman–Crippen MR) is 88.0 cm³/mol. The average Bonchev–Trinajstić information content (AvgIpc) is 2.45. The summed E-state index contributed by atoms with van der Waals surface area (Å²) in [6, 6.07) is 17.8. The van der Waals surface area contributed by atoms with Crippen LogP contribution in [0.1, 0.15) is 53.5 Å². The summed E-state index contributed by atoms with van der Waals surface area (Å²) in [6.07, 6.45) is 4.96. The van der Waals surface area contributed by atoms with Gasteiger partial charge in [-0.25, -0.2) is 0 Å². The van der Waals surface area contributed by atoms with Crippen LogP contribution in [0.25, 0.3) is 0 Å². The van der Waals surface area contributed by atoms with Crippen molar-refractivity contribution in [3.63, 3.8) is 0 Å². The molecule has 1 atom stereocenters. The van der Waals surface area contributed by atoms with Gasteiger partial charge in [0.25, 0.3) is 0 Å². The van der Waals surface area contributed by atoms with Gasteiger partial charge in [-0.05, 0) is 48.8 Å². The van der Waals surface area contributed by atoms with E-state index >= 15 is 0 Å². The van der Waals surface area contributed by atoms with Crippen molar-refractivity contribution in [3.8, 4) is 0 Å². The highest BCUT2D eigenvalue weighted by Gasteiger charge is 2.20. The van der Waals surface area contributed by atoms with Crippen molar-refractivity contribution in [3.05, 3.63) is 70.8 Å². The van der Waals surface area contributed by atoms with Crippen LogP contribution < -0.4 is 11.3 Å². The van der Waals surface area contributed by atoms with Crippen LogP contribution >= 0.6 is 0 Å². The molecule has 2 aromatic carbocycles. The van der Waals surface area contributed by atoms with E-state index in [2.05, 4.69) is 60.9 Å². The molecule has 2 nitrogen and oxygen atoms in total. The van der Waals surface area contributed by atoms with E-state index < -0.39 is 0 Å². The van der Waals surface area contributed by atoms with Crippen LogP contribution in [0.5, 0.6) is 0 Å². The van der Waals surface area contributed by atoms with E-state index in [9.17, 15) is 0 Å². The van der Waals surface area contributed by atoms with Crippen molar-refractivity contribution in [2.45, 2.75) is 44.6 Å². The van der Waals surface area contributed by atoms with E-state index in [-0.39, 0.29) is 6.04 Å². The Morgan fingerprint density at radius 2 is 1.90 bits per heavy atom. The molecule has 1 saturated carbocycles. The zero-order chi connectivity index (χ0) is 14.7. The van der Waals surface area contributed by atoms with Crippen molar-refractivity contribution >= 4 is 0 Å². The minimum Gasteiger partial charge on any atom is -0.271 e. The second-order valence-corrected chi connectivity index (χ2v) is 6.21. The number of aryl methyl sites for hydroxylation is 1. The first-order valence-corrected chi connectivity index (χ1v) is 7.88. The molecule has 110 valence electrons. The summed E-state index contributed by atoms with van der Waals surface area (Å²) in [4.78, 5) is 0. The lowest BCUT2D eigenvalue weighted by Gasteiger charge is -2.27. The van der Waals surface area contributed by atoms with Gasteiger partial charge in [-0.3, -0.25) is 11.3 Å². The maximum Gasteiger partial charge on any atom is 0.0500 e. The Morgan fingerprint density at radius 1 is 1.14 bits per heavy atom. The molecular weight excluding hydrogens is 256 g/mol. The normalized spacial score (nSPS) is 16.5. The molecule has 0 aliphatic heterocycles. The minimum absolute atomic E-state index is 0.174. The maximum absolute atomic E-state index is 5.81. The number of hydrazine groups is 1. The van der Waals surface area contributed by atoms with Crippen LogP contribution in [0.15, 0.2) is 48.5 Å². The van der Waals surface area contributed by atoms with E-state index in [4.69, 9.17) is 5.84 Å². The van der Waals surface area contributed by atoms with E-state index in [0.717, 1.165) is 12.3 Å². The fourth-order valence-electron chi connectivity index (χ4n) is 3.00. The molecule has 1 aliphatic rings. The standard InChI is InChI=1S/C19H24N2/c1-14-8-10-15(11-9-14)12-19(21-20)18-7-3-6-17(13-18)16-4-2-5-16/h3,6-11,13,16,19,21H,2,4-5,12,20H2,1H3. The van der Waals surface area contributed by atoms with Gasteiger partial charge in [-0.1, -0.05) is 60.5 Å². The number of hydrogen-bond acceptors (Lipinski definition) is 2. The van der Waals surface area contributed by atoms with Crippen molar-refractivity contribution in [1.82, 2.24) is 5.43 Å². The second-order valence-electron chi connectivity index (χ2n) is 6.21. The van der Waals surface area contributed by atoms with E-state index in [1.54, 1.807) is 0 Å². The third-order valence-corrected chi connectivity index (χ3v) is 4.65. The summed E-state index contributed by atoms with van der Waals surface area (Å²) < 4.78 is 0. The van der Waals surface area contributed by atoms with Gasteiger partial charge in [0, 0.05) is 6.04 Å². The number of nitrogens with one attached hydrogen (secondary N) is 1. The maximum atomic E-state index is 5.81. The highest BCUT2D eigenvalue weighted by molar-refractivity contribution is 5.31. The fourth-order valence-corrected chi connectivity index (χ4v) is 3.00. The number of hydrogen-bond donors (Lipinski definition) is 2. The van der Waals surface area contributed by atoms with Crippen LogP contribution in [-0.2, 0) is 6.42 Å². The third-order valence-electron chi connectivity index (χ3n) is 4.65. The van der Waals surface area contributed by atoms with Crippen LogP contribution in [0.3, 0.4) is 0 Å². The highest BCUT2D eigenvalue weighted by Crippen LogP contribution is 2.37. The molecule has 0 spiro atoms. The molecule has 1 fully saturated rings. The van der Waals surface area contributed by atoms with Gasteiger partial charge < -0.3 is 0 Å².